The number of aromatic nitrogens is 2. The lowest BCUT2D eigenvalue weighted by atomic mass is 10.1. The molecule has 0 amide bonds. The van der Waals surface area contributed by atoms with Gasteiger partial charge in [0.2, 0.25) is 0 Å². The van der Waals surface area contributed by atoms with Crippen LogP contribution >= 0.6 is 15.9 Å². The van der Waals surface area contributed by atoms with Crippen molar-refractivity contribution in [1.82, 2.24) is 9.78 Å². The van der Waals surface area contributed by atoms with Gasteiger partial charge in [0.15, 0.2) is 0 Å². The highest BCUT2D eigenvalue weighted by Gasteiger charge is 2.33. The third-order valence-electron chi connectivity index (χ3n) is 3.81. The molecule has 0 saturated carbocycles. The van der Waals surface area contributed by atoms with Crippen LogP contribution < -0.4 is 0 Å². The monoisotopic (exact) mass is 398 g/mol. The van der Waals surface area contributed by atoms with Crippen LogP contribution in [0.1, 0.15) is 23.3 Å². The second-order valence-corrected chi connectivity index (χ2v) is 6.28. The van der Waals surface area contributed by atoms with E-state index >= 15 is 0 Å². The van der Waals surface area contributed by atoms with Gasteiger partial charge in [-0.1, -0.05) is 15.9 Å². The number of benzene rings is 1. The smallest absolute Gasteiger partial charge is 0.341 e. The van der Waals surface area contributed by atoms with Gasteiger partial charge in [-0.3, -0.25) is 4.68 Å². The number of esters is 1. The predicted molar refractivity (Wildman–Crippen MR) is 87.1 cm³/mol. The lowest BCUT2D eigenvalue weighted by Crippen LogP contribution is -2.24. The number of carbonyl (C=O) groups is 1. The molecule has 1 aromatic heterocycles. The molecule has 1 N–H and O–H groups in total. The minimum atomic E-state index is -0.780. The van der Waals surface area contributed by atoms with Crippen molar-refractivity contribution in [2.24, 2.45) is 0 Å². The molecule has 0 radical (unpaired) electrons. The van der Waals surface area contributed by atoms with Gasteiger partial charge in [0.05, 0.1) is 31.7 Å². The first-order valence-corrected chi connectivity index (χ1v) is 8.28. The van der Waals surface area contributed by atoms with Crippen LogP contribution in [0.3, 0.4) is 0 Å². The van der Waals surface area contributed by atoms with Crippen molar-refractivity contribution in [3.8, 4) is 11.3 Å². The lowest BCUT2D eigenvalue weighted by molar-refractivity contribution is 0.0527. The molecule has 0 unspecified atom stereocenters. The SMILES string of the molecule is CCOC(=O)c1cnn([C@@H]2COC[C@H]2O)c1-c1ccc(Br)cc1F. The number of halogens is 2. The summed E-state index contributed by atoms with van der Waals surface area (Å²) in [5.74, 6) is -1.10. The molecule has 8 heteroatoms. The van der Waals surface area contributed by atoms with Crippen LogP contribution in [-0.2, 0) is 9.47 Å². The highest BCUT2D eigenvalue weighted by molar-refractivity contribution is 9.10. The summed E-state index contributed by atoms with van der Waals surface area (Å²) >= 11 is 3.21. The fourth-order valence-corrected chi connectivity index (χ4v) is 3.02. The molecule has 24 heavy (non-hydrogen) atoms. The van der Waals surface area contributed by atoms with Gasteiger partial charge >= 0.3 is 5.97 Å². The van der Waals surface area contributed by atoms with Gasteiger partial charge in [0, 0.05) is 10.0 Å². The normalized spacial score (nSPS) is 20.3. The van der Waals surface area contributed by atoms with Crippen LogP contribution in [0.2, 0.25) is 0 Å². The van der Waals surface area contributed by atoms with Crippen molar-refractivity contribution in [3.05, 3.63) is 40.2 Å². The number of hydrogen-bond acceptors (Lipinski definition) is 5. The van der Waals surface area contributed by atoms with Crippen molar-refractivity contribution >= 4 is 21.9 Å². The Bertz CT molecular complexity index is 765. The van der Waals surface area contributed by atoms with E-state index in [0.717, 1.165) is 0 Å². The maximum Gasteiger partial charge on any atom is 0.341 e. The van der Waals surface area contributed by atoms with Crippen molar-refractivity contribution < 1.29 is 23.8 Å². The van der Waals surface area contributed by atoms with E-state index in [2.05, 4.69) is 21.0 Å². The highest BCUT2D eigenvalue weighted by Crippen LogP contribution is 2.33. The molecule has 1 aliphatic rings. The second-order valence-electron chi connectivity index (χ2n) is 5.37. The van der Waals surface area contributed by atoms with E-state index in [-0.39, 0.29) is 36.6 Å². The largest absolute Gasteiger partial charge is 0.462 e. The summed E-state index contributed by atoms with van der Waals surface area (Å²) in [6, 6.07) is 4.04. The van der Waals surface area contributed by atoms with E-state index < -0.39 is 23.9 Å². The van der Waals surface area contributed by atoms with Crippen molar-refractivity contribution in [2.45, 2.75) is 19.1 Å². The maximum atomic E-state index is 14.5. The lowest BCUT2D eigenvalue weighted by Gasteiger charge is -2.17. The Morgan fingerprint density at radius 1 is 1.54 bits per heavy atom. The molecule has 1 aliphatic heterocycles. The second kappa shape index (κ2) is 7.00. The molecule has 0 aliphatic carbocycles. The van der Waals surface area contributed by atoms with E-state index in [9.17, 15) is 14.3 Å². The standard InChI is InChI=1S/C16H16BrFN2O4/c1-2-24-16(22)11-6-19-20(13-7-23-8-14(13)21)15(11)10-4-3-9(17)5-12(10)18/h3-6,13-14,21H,2,7-8H2,1H3/t13-,14-/m1/s1. The number of nitrogens with zero attached hydrogens (tertiary/aromatic N) is 2. The first-order valence-electron chi connectivity index (χ1n) is 7.48. The van der Waals surface area contributed by atoms with Crippen molar-refractivity contribution in [1.29, 1.82) is 0 Å². The van der Waals surface area contributed by atoms with E-state index in [1.165, 1.54) is 16.9 Å². The van der Waals surface area contributed by atoms with E-state index in [0.29, 0.717) is 4.47 Å². The van der Waals surface area contributed by atoms with Gasteiger partial charge in [0.25, 0.3) is 0 Å². The van der Waals surface area contributed by atoms with Gasteiger partial charge < -0.3 is 14.6 Å². The number of aliphatic hydroxyl groups excluding tert-OH is 1. The first kappa shape index (κ1) is 17.1. The van der Waals surface area contributed by atoms with Crippen LogP contribution in [0.25, 0.3) is 11.3 Å². The average molecular weight is 399 g/mol. The first-order chi connectivity index (χ1) is 11.5. The zero-order valence-corrected chi connectivity index (χ0v) is 14.5. The van der Waals surface area contributed by atoms with Gasteiger partial charge in [-0.15, -0.1) is 0 Å². The Hall–Kier alpha value is -1.77. The summed E-state index contributed by atoms with van der Waals surface area (Å²) in [4.78, 5) is 12.2. The van der Waals surface area contributed by atoms with E-state index in [4.69, 9.17) is 9.47 Å². The molecule has 1 fully saturated rings. The fourth-order valence-electron chi connectivity index (χ4n) is 2.69. The van der Waals surface area contributed by atoms with E-state index in [1.54, 1.807) is 19.1 Å². The van der Waals surface area contributed by atoms with Gasteiger partial charge in [-0.25, -0.2) is 9.18 Å². The quantitative estimate of drug-likeness (QED) is 0.801. The van der Waals surface area contributed by atoms with Crippen LogP contribution in [-0.4, -0.2) is 46.8 Å². The Balaban J connectivity index is 2.15. The molecule has 0 bridgehead atoms. The Kier molecular flexibility index (Phi) is 4.98. The minimum absolute atomic E-state index is 0.150. The summed E-state index contributed by atoms with van der Waals surface area (Å²) in [6.07, 6.45) is 0.553. The minimum Gasteiger partial charge on any atom is -0.462 e. The topological polar surface area (TPSA) is 73.6 Å². The number of hydrogen-bond donors (Lipinski definition) is 1. The summed E-state index contributed by atoms with van der Waals surface area (Å²) in [7, 11) is 0. The molecule has 128 valence electrons. The number of rotatable bonds is 4. The number of aliphatic hydroxyl groups is 1. The molecule has 2 heterocycles. The third kappa shape index (κ3) is 3.09. The summed E-state index contributed by atoms with van der Waals surface area (Å²) < 4.78 is 26.8. The van der Waals surface area contributed by atoms with E-state index in [1.807, 2.05) is 0 Å². The molecule has 2 aromatic rings. The summed E-state index contributed by atoms with van der Waals surface area (Å²) in [5.41, 5.74) is 0.628. The zero-order chi connectivity index (χ0) is 17.3. The molecule has 0 spiro atoms. The molecular formula is C16H16BrFN2O4. The average Bonchev–Trinajstić information content (AvgIpc) is 3.13. The third-order valence-corrected chi connectivity index (χ3v) is 4.31. The van der Waals surface area contributed by atoms with Crippen LogP contribution in [0.5, 0.6) is 0 Å². The molecule has 3 rings (SSSR count). The summed E-state index contributed by atoms with van der Waals surface area (Å²) in [6.45, 7) is 2.29. The fraction of sp³-hybridized carbons (Fsp3) is 0.375. The van der Waals surface area contributed by atoms with Gasteiger partial charge in [0.1, 0.15) is 23.5 Å². The van der Waals surface area contributed by atoms with Crippen LogP contribution in [0.15, 0.2) is 28.9 Å². The molecule has 6 nitrogen and oxygen atoms in total. The molecular weight excluding hydrogens is 383 g/mol. The van der Waals surface area contributed by atoms with Crippen molar-refractivity contribution in [3.63, 3.8) is 0 Å². The molecule has 1 saturated heterocycles. The Morgan fingerprint density at radius 2 is 2.33 bits per heavy atom. The van der Waals surface area contributed by atoms with Gasteiger partial charge in [-0.05, 0) is 25.1 Å². The Labute approximate surface area is 146 Å². The van der Waals surface area contributed by atoms with Crippen molar-refractivity contribution in [2.75, 3.05) is 19.8 Å². The molecule has 1 aromatic carbocycles. The highest BCUT2D eigenvalue weighted by atomic mass is 79.9. The number of carbonyl (C=O) groups excluding carboxylic acids is 1. The molecule has 2 atom stereocenters. The zero-order valence-electron chi connectivity index (χ0n) is 12.9. The van der Waals surface area contributed by atoms with Crippen LogP contribution in [0, 0.1) is 5.82 Å². The predicted octanol–water partition coefficient (Wildman–Crippen LogP) is 2.56. The van der Waals surface area contributed by atoms with Crippen LogP contribution in [0.4, 0.5) is 4.39 Å². The van der Waals surface area contributed by atoms with Gasteiger partial charge in [-0.2, -0.15) is 5.10 Å². The maximum absolute atomic E-state index is 14.5. The summed E-state index contributed by atoms with van der Waals surface area (Å²) in [5, 5.41) is 14.3. The Morgan fingerprint density at radius 3 is 2.96 bits per heavy atom. The number of ether oxygens (including phenoxy) is 2.